The molecule has 53 heavy (non-hydrogen) atoms. The smallest absolute Gasteiger partial charge is 0.407 e. The number of amides is 2. The number of alkyl carbamates (subject to hydrolysis) is 1. The van der Waals surface area contributed by atoms with Gasteiger partial charge in [-0.2, -0.15) is 0 Å². The van der Waals surface area contributed by atoms with E-state index >= 15 is 0 Å². The Labute approximate surface area is 321 Å². The van der Waals surface area contributed by atoms with Crippen LogP contribution >= 0.6 is 7.60 Å². The third kappa shape index (κ3) is 13.3. The Balaban J connectivity index is 1.04. The van der Waals surface area contributed by atoms with E-state index in [1.165, 1.54) is 63.6 Å². The van der Waals surface area contributed by atoms with Crippen molar-refractivity contribution < 1.29 is 37.8 Å². The fourth-order valence-corrected chi connectivity index (χ4v) is 11.3. The highest BCUT2D eigenvalue weighted by Crippen LogP contribution is 2.67. The van der Waals surface area contributed by atoms with Crippen molar-refractivity contribution >= 4 is 19.6 Å². The van der Waals surface area contributed by atoms with Crippen LogP contribution in [-0.2, 0) is 28.1 Å². The van der Waals surface area contributed by atoms with Crippen LogP contribution in [0.2, 0.25) is 0 Å². The van der Waals surface area contributed by atoms with Gasteiger partial charge >= 0.3 is 13.7 Å². The molecule has 11 heteroatoms. The van der Waals surface area contributed by atoms with Crippen molar-refractivity contribution in [1.29, 1.82) is 0 Å². The summed E-state index contributed by atoms with van der Waals surface area (Å²) in [6.45, 7) is 16.4. The largest absolute Gasteiger partial charge is 0.446 e. The van der Waals surface area contributed by atoms with E-state index in [1.807, 2.05) is 0 Å². The molecule has 0 bridgehead atoms. The van der Waals surface area contributed by atoms with E-state index in [0.717, 1.165) is 80.5 Å². The lowest BCUT2D eigenvalue weighted by Gasteiger charge is -2.58. The predicted octanol–water partition coefficient (Wildman–Crippen LogP) is 9.05. The van der Waals surface area contributed by atoms with Crippen LogP contribution in [0.3, 0.4) is 0 Å². The fourth-order valence-electron chi connectivity index (χ4n) is 10.8. The number of fused-ring (bicyclic) bond motifs is 5. The van der Waals surface area contributed by atoms with E-state index in [2.05, 4.69) is 51.3 Å². The van der Waals surface area contributed by atoms with E-state index in [0.29, 0.717) is 51.4 Å². The van der Waals surface area contributed by atoms with Gasteiger partial charge in [0.05, 0.1) is 33.0 Å². The van der Waals surface area contributed by atoms with Gasteiger partial charge in [0.15, 0.2) is 0 Å². The van der Waals surface area contributed by atoms with Gasteiger partial charge in [0, 0.05) is 32.6 Å². The molecule has 0 saturated heterocycles. The first-order chi connectivity index (χ1) is 25.2. The molecule has 3 N–H and O–H groups in total. The van der Waals surface area contributed by atoms with Crippen LogP contribution in [0.5, 0.6) is 0 Å². The van der Waals surface area contributed by atoms with Crippen molar-refractivity contribution in [3.63, 3.8) is 0 Å². The number of allylic oxidation sites excluding steroid dienone is 1. The first kappa shape index (κ1) is 44.3. The molecule has 306 valence electrons. The van der Waals surface area contributed by atoms with Crippen molar-refractivity contribution in [2.75, 3.05) is 52.8 Å². The monoisotopic (exact) mass is 767 g/mol. The normalized spacial score (nSPS) is 31.1. The highest BCUT2D eigenvalue weighted by Gasteiger charge is 2.59. The van der Waals surface area contributed by atoms with E-state index in [-0.39, 0.29) is 30.1 Å². The average molecular weight is 767 g/mol. The van der Waals surface area contributed by atoms with Crippen LogP contribution in [0.4, 0.5) is 4.79 Å². The summed E-state index contributed by atoms with van der Waals surface area (Å²) < 4.78 is 32.9. The molecular weight excluding hydrogens is 691 g/mol. The van der Waals surface area contributed by atoms with Gasteiger partial charge in [-0.15, -0.1) is 0 Å². The lowest BCUT2D eigenvalue weighted by molar-refractivity contribution is -0.122. The topological polar surface area (TPSA) is 132 Å². The highest BCUT2D eigenvalue weighted by molar-refractivity contribution is 7.51. The zero-order valence-corrected chi connectivity index (χ0v) is 35.0. The van der Waals surface area contributed by atoms with Gasteiger partial charge in [-0.05, 0) is 104 Å². The van der Waals surface area contributed by atoms with Crippen LogP contribution in [0.25, 0.3) is 0 Å². The quantitative estimate of drug-likeness (QED) is 0.0533. The standard InChI is InChI=1S/C42H75N2O8P/c1-31(2)12-11-13-32(3)36-16-17-37-35-15-14-33-30-34(18-21-41(33,4)38(35)19-22-42(36,37)5)52-40(46)44-24-27-50-29-28-49-26-20-39(45)43-23-9-7-8-10-25-51-53(6,47)48/h14,31-32,34-38H,7-13,15-30H2,1-6H3,(H,43,45)(H,44,46)(H,47,48)/t32-,34+,35+,36-,37+,38+,41+,42-/m1/s1. The number of hydrogen-bond acceptors (Lipinski definition) is 7. The van der Waals surface area contributed by atoms with Crippen molar-refractivity contribution in [2.45, 2.75) is 143 Å². The summed E-state index contributed by atoms with van der Waals surface area (Å²) in [6, 6.07) is 0. The van der Waals surface area contributed by atoms with Crippen LogP contribution in [0.1, 0.15) is 137 Å². The van der Waals surface area contributed by atoms with E-state index in [4.69, 9.17) is 23.6 Å². The predicted molar refractivity (Wildman–Crippen MR) is 211 cm³/mol. The molecule has 0 spiro atoms. The molecule has 0 aromatic rings. The second kappa shape index (κ2) is 21.2. The van der Waals surface area contributed by atoms with Crippen molar-refractivity contribution in [3.8, 4) is 0 Å². The summed E-state index contributed by atoms with van der Waals surface area (Å²) in [5, 5.41) is 5.73. The molecule has 3 fully saturated rings. The van der Waals surface area contributed by atoms with Crippen LogP contribution in [0.15, 0.2) is 11.6 Å². The molecule has 4 rings (SSSR count). The molecule has 0 aromatic heterocycles. The zero-order valence-electron chi connectivity index (χ0n) is 34.1. The number of hydrogen-bond donors (Lipinski definition) is 3. The zero-order chi connectivity index (χ0) is 38.5. The lowest BCUT2D eigenvalue weighted by Crippen LogP contribution is -2.51. The van der Waals surface area contributed by atoms with Gasteiger partial charge in [-0.1, -0.05) is 78.4 Å². The number of ether oxygens (including phenoxy) is 3. The van der Waals surface area contributed by atoms with Crippen LogP contribution in [-0.4, -0.2) is 75.8 Å². The maximum atomic E-state index is 12.7. The number of carbonyl (C=O) groups excluding carboxylic acids is 2. The minimum Gasteiger partial charge on any atom is -0.446 e. The number of carbonyl (C=O) groups is 2. The fraction of sp³-hybridized carbons (Fsp3) is 0.905. The second-order valence-corrected chi connectivity index (χ2v) is 19.7. The molecule has 1 unspecified atom stereocenters. The van der Waals surface area contributed by atoms with E-state index < -0.39 is 7.60 Å². The Kier molecular flexibility index (Phi) is 17.7. The molecule has 0 heterocycles. The lowest BCUT2D eigenvalue weighted by atomic mass is 9.47. The molecule has 10 nitrogen and oxygen atoms in total. The second-order valence-electron chi connectivity index (χ2n) is 17.9. The first-order valence-corrected chi connectivity index (χ1v) is 23.3. The van der Waals surface area contributed by atoms with Gasteiger partial charge < -0.3 is 34.3 Å². The van der Waals surface area contributed by atoms with Gasteiger partial charge in [-0.3, -0.25) is 9.36 Å². The molecule has 4 aliphatic carbocycles. The van der Waals surface area contributed by atoms with Gasteiger partial charge in [0.25, 0.3) is 0 Å². The maximum Gasteiger partial charge on any atom is 0.407 e. The number of rotatable bonds is 23. The Bertz CT molecular complexity index is 1220. The van der Waals surface area contributed by atoms with E-state index in [9.17, 15) is 14.2 Å². The summed E-state index contributed by atoms with van der Waals surface area (Å²) in [5.41, 5.74) is 2.28. The maximum absolute atomic E-state index is 12.7. The Morgan fingerprint density at radius 2 is 1.62 bits per heavy atom. The van der Waals surface area contributed by atoms with Crippen molar-refractivity contribution in [3.05, 3.63) is 11.6 Å². The third-order valence-corrected chi connectivity index (χ3v) is 14.3. The Hall–Kier alpha value is -1.45. The minimum absolute atomic E-state index is 0.0488. The molecule has 0 radical (unpaired) electrons. The summed E-state index contributed by atoms with van der Waals surface area (Å²) in [5.74, 6) is 4.89. The average Bonchev–Trinajstić information content (AvgIpc) is 3.45. The minimum atomic E-state index is -3.39. The van der Waals surface area contributed by atoms with Crippen molar-refractivity contribution in [1.82, 2.24) is 10.6 Å². The third-order valence-electron chi connectivity index (χ3n) is 13.6. The molecule has 9 atom stereocenters. The van der Waals surface area contributed by atoms with Crippen molar-refractivity contribution in [2.24, 2.45) is 46.3 Å². The highest BCUT2D eigenvalue weighted by atomic mass is 31.2. The number of nitrogens with one attached hydrogen (secondary N) is 2. The molecule has 0 aromatic carbocycles. The van der Waals surface area contributed by atoms with Gasteiger partial charge in [0.2, 0.25) is 5.91 Å². The van der Waals surface area contributed by atoms with Gasteiger partial charge in [0.1, 0.15) is 6.10 Å². The summed E-state index contributed by atoms with van der Waals surface area (Å²) in [4.78, 5) is 33.7. The summed E-state index contributed by atoms with van der Waals surface area (Å²) in [6.07, 6.45) is 19.6. The van der Waals surface area contributed by atoms with Crippen LogP contribution < -0.4 is 10.6 Å². The molecule has 3 saturated carbocycles. The Morgan fingerprint density at radius 1 is 0.868 bits per heavy atom. The van der Waals surface area contributed by atoms with E-state index in [1.54, 1.807) is 0 Å². The molecule has 2 amide bonds. The van der Waals surface area contributed by atoms with Gasteiger partial charge in [-0.25, -0.2) is 4.79 Å². The van der Waals surface area contributed by atoms with Crippen LogP contribution in [0, 0.1) is 46.3 Å². The SMILES string of the molecule is CC(C)CCC[C@@H](C)[C@H]1CC[C@H]2[C@@H]3CC=C4C[C@@H](OC(=O)NCCOCCOCCC(=O)NCCCCCCOP(C)(=O)O)CC[C@]4(C)[C@H]3CC[C@]12C. The number of unbranched alkanes of at least 4 members (excludes halogenated alkanes) is 3. The molecular formula is C42H75N2O8P. The first-order valence-electron chi connectivity index (χ1n) is 21.2. The molecule has 4 aliphatic rings. The Morgan fingerprint density at radius 3 is 2.38 bits per heavy atom. The molecule has 0 aliphatic heterocycles. The summed E-state index contributed by atoms with van der Waals surface area (Å²) in [7, 11) is -3.39. The summed E-state index contributed by atoms with van der Waals surface area (Å²) >= 11 is 0.